The first-order valence-corrected chi connectivity index (χ1v) is 8.22. The Bertz CT molecular complexity index is 1110. The number of carbonyl (C=O) groups excluding carboxylic acids is 1. The molecule has 1 N–H and O–H groups in total. The van der Waals surface area contributed by atoms with Gasteiger partial charge in [-0.1, -0.05) is 12.1 Å². The highest BCUT2D eigenvalue weighted by Crippen LogP contribution is 2.24. The van der Waals surface area contributed by atoms with Gasteiger partial charge in [-0.05, 0) is 42.0 Å². The second kappa shape index (κ2) is 6.95. The number of amides is 1. The van der Waals surface area contributed by atoms with Crippen LogP contribution in [0.1, 0.15) is 16.2 Å². The topological polar surface area (TPSA) is 59.3 Å². The van der Waals surface area contributed by atoms with Gasteiger partial charge in [0.05, 0.1) is 17.4 Å². The van der Waals surface area contributed by atoms with Gasteiger partial charge in [-0.3, -0.25) is 14.2 Å². The Kier molecular flexibility index (Phi) is 4.33. The van der Waals surface area contributed by atoms with Gasteiger partial charge in [-0.2, -0.15) is 0 Å². The zero-order valence-corrected chi connectivity index (χ0v) is 14.1. The largest absolute Gasteiger partial charge is 0.345 e. The lowest BCUT2D eigenvalue weighted by Crippen LogP contribution is -2.25. The van der Waals surface area contributed by atoms with Gasteiger partial charge < -0.3 is 5.32 Å². The molecule has 4 rings (SSSR count). The normalized spacial score (nSPS) is 10.9. The number of benzene rings is 2. The Hall–Kier alpha value is -3.61. The number of nitrogens with one attached hydrogen (secondary N) is 1. The minimum absolute atomic E-state index is 0.189. The monoisotopic (exact) mass is 364 g/mol. The number of rotatable bonds is 4. The Labute approximate surface area is 153 Å². The average molecular weight is 364 g/mol. The molecular weight excluding hydrogens is 350 g/mol. The fraction of sp³-hybridized carbons (Fsp3) is 0.0500. The van der Waals surface area contributed by atoms with Crippen molar-refractivity contribution in [1.29, 1.82) is 0 Å². The van der Waals surface area contributed by atoms with Gasteiger partial charge in [-0.25, -0.2) is 13.8 Å². The fourth-order valence-electron chi connectivity index (χ4n) is 2.78. The van der Waals surface area contributed by atoms with Gasteiger partial charge in [0.1, 0.15) is 11.6 Å². The highest BCUT2D eigenvalue weighted by atomic mass is 19.1. The first-order chi connectivity index (χ1) is 13.1. The van der Waals surface area contributed by atoms with Crippen LogP contribution in [0.5, 0.6) is 0 Å². The molecule has 2 heterocycles. The molecule has 0 unspecified atom stereocenters. The maximum Gasteiger partial charge on any atom is 0.287 e. The number of fused-ring (bicyclic) bond motifs is 1. The van der Waals surface area contributed by atoms with E-state index in [9.17, 15) is 13.6 Å². The number of carbonyl (C=O) groups is 1. The summed E-state index contributed by atoms with van der Waals surface area (Å²) < 4.78 is 27.8. The molecule has 0 atom stereocenters. The molecule has 27 heavy (non-hydrogen) atoms. The highest BCUT2D eigenvalue weighted by molar-refractivity contribution is 5.94. The van der Waals surface area contributed by atoms with Crippen molar-refractivity contribution in [3.63, 3.8) is 0 Å². The van der Waals surface area contributed by atoms with Gasteiger partial charge >= 0.3 is 0 Å². The van der Waals surface area contributed by atoms with Gasteiger partial charge in [-0.15, -0.1) is 0 Å². The average Bonchev–Trinajstić information content (AvgIpc) is 3.08. The van der Waals surface area contributed by atoms with E-state index in [1.54, 1.807) is 47.3 Å². The van der Waals surface area contributed by atoms with E-state index in [2.05, 4.69) is 15.3 Å². The number of nitrogens with zero attached hydrogens (tertiary/aromatic N) is 3. The van der Waals surface area contributed by atoms with Crippen LogP contribution < -0.4 is 5.32 Å². The smallest absolute Gasteiger partial charge is 0.287 e. The van der Waals surface area contributed by atoms with E-state index in [4.69, 9.17) is 0 Å². The Balaban J connectivity index is 1.66. The predicted molar refractivity (Wildman–Crippen MR) is 96.0 cm³/mol. The predicted octanol–water partition coefficient (Wildman–Crippen LogP) is 3.60. The Morgan fingerprint density at radius 3 is 2.37 bits per heavy atom. The molecule has 7 heteroatoms. The van der Waals surface area contributed by atoms with E-state index < -0.39 is 0 Å². The van der Waals surface area contributed by atoms with Gasteiger partial charge in [0.2, 0.25) is 5.82 Å². The lowest BCUT2D eigenvalue weighted by molar-refractivity contribution is 0.0940. The van der Waals surface area contributed by atoms with Crippen LogP contribution in [0.15, 0.2) is 67.1 Å². The van der Waals surface area contributed by atoms with E-state index in [0.717, 1.165) is 5.56 Å². The highest BCUT2D eigenvalue weighted by Gasteiger charge is 2.18. The molecule has 0 saturated carbocycles. The van der Waals surface area contributed by atoms with E-state index in [1.807, 2.05) is 0 Å². The van der Waals surface area contributed by atoms with Crippen molar-refractivity contribution in [2.75, 3.05) is 0 Å². The van der Waals surface area contributed by atoms with Crippen LogP contribution >= 0.6 is 0 Å². The lowest BCUT2D eigenvalue weighted by atomic mass is 10.1. The van der Waals surface area contributed by atoms with Crippen LogP contribution in [-0.4, -0.2) is 20.3 Å². The number of aromatic nitrogens is 3. The molecule has 0 aliphatic carbocycles. The maximum atomic E-state index is 13.2. The van der Waals surface area contributed by atoms with Crippen molar-refractivity contribution in [1.82, 2.24) is 19.7 Å². The van der Waals surface area contributed by atoms with Gasteiger partial charge in [0, 0.05) is 24.5 Å². The first-order valence-electron chi connectivity index (χ1n) is 8.22. The molecule has 5 nitrogen and oxygen atoms in total. The minimum Gasteiger partial charge on any atom is -0.345 e. The minimum atomic E-state index is -0.381. The van der Waals surface area contributed by atoms with Crippen molar-refractivity contribution in [3.8, 4) is 11.3 Å². The number of imidazole rings is 1. The van der Waals surface area contributed by atoms with E-state index >= 15 is 0 Å². The van der Waals surface area contributed by atoms with Crippen LogP contribution in [0.2, 0.25) is 0 Å². The summed E-state index contributed by atoms with van der Waals surface area (Å²) in [6.45, 7) is 0.241. The van der Waals surface area contributed by atoms with E-state index in [0.29, 0.717) is 16.8 Å². The van der Waals surface area contributed by atoms with Crippen molar-refractivity contribution in [3.05, 3.63) is 90.1 Å². The zero-order valence-electron chi connectivity index (χ0n) is 14.1. The molecule has 134 valence electrons. The third-order valence-electron chi connectivity index (χ3n) is 4.13. The summed E-state index contributed by atoms with van der Waals surface area (Å²) in [5, 5.41) is 2.78. The Morgan fingerprint density at radius 1 is 1.00 bits per heavy atom. The summed E-state index contributed by atoms with van der Waals surface area (Å²) in [7, 11) is 0. The summed E-state index contributed by atoms with van der Waals surface area (Å²) in [5.74, 6) is -0.874. The van der Waals surface area contributed by atoms with Crippen LogP contribution in [0.3, 0.4) is 0 Å². The van der Waals surface area contributed by atoms with Crippen LogP contribution in [0.4, 0.5) is 8.78 Å². The molecule has 2 aromatic heterocycles. The number of hydrogen-bond donors (Lipinski definition) is 1. The molecule has 4 aromatic rings. The molecule has 0 radical (unpaired) electrons. The molecule has 1 amide bonds. The SMILES string of the molecule is O=C(NCc1ccc(F)cc1)c1nc(-c2ccc(F)cc2)c2cnccn12. The molecule has 0 bridgehead atoms. The molecule has 0 aliphatic rings. The van der Waals surface area contributed by atoms with Crippen LogP contribution in [-0.2, 0) is 6.54 Å². The summed E-state index contributed by atoms with van der Waals surface area (Å²) in [6, 6.07) is 11.8. The number of halogens is 2. The van der Waals surface area contributed by atoms with Crippen molar-refractivity contribution < 1.29 is 13.6 Å². The van der Waals surface area contributed by atoms with Crippen molar-refractivity contribution in [2.45, 2.75) is 6.54 Å². The van der Waals surface area contributed by atoms with E-state index in [1.165, 1.54) is 24.3 Å². The summed E-state index contributed by atoms with van der Waals surface area (Å²) >= 11 is 0. The summed E-state index contributed by atoms with van der Waals surface area (Å²) in [5.41, 5.74) is 2.62. The third kappa shape index (κ3) is 3.39. The Morgan fingerprint density at radius 2 is 1.67 bits per heavy atom. The molecule has 2 aromatic carbocycles. The zero-order chi connectivity index (χ0) is 18.8. The second-order valence-corrected chi connectivity index (χ2v) is 5.93. The fourth-order valence-corrected chi connectivity index (χ4v) is 2.78. The number of hydrogen-bond acceptors (Lipinski definition) is 3. The first kappa shape index (κ1) is 16.8. The van der Waals surface area contributed by atoms with Gasteiger partial charge in [0.15, 0.2) is 0 Å². The summed E-state index contributed by atoms with van der Waals surface area (Å²) in [4.78, 5) is 21.2. The molecule has 0 spiro atoms. The second-order valence-electron chi connectivity index (χ2n) is 5.93. The quantitative estimate of drug-likeness (QED) is 0.602. The van der Waals surface area contributed by atoms with Crippen molar-refractivity contribution in [2.24, 2.45) is 0 Å². The molecule has 0 saturated heterocycles. The van der Waals surface area contributed by atoms with Gasteiger partial charge in [0.25, 0.3) is 5.91 Å². The maximum absolute atomic E-state index is 13.2. The summed E-state index contributed by atoms with van der Waals surface area (Å²) in [6.07, 6.45) is 4.80. The third-order valence-corrected chi connectivity index (χ3v) is 4.13. The van der Waals surface area contributed by atoms with E-state index in [-0.39, 0.29) is 29.9 Å². The molecular formula is C20H14F2N4O. The van der Waals surface area contributed by atoms with Crippen LogP contribution in [0, 0.1) is 11.6 Å². The lowest BCUT2D eigenvalue weighted by Gasteiger charge is -2.04. The van der Waals surface area contributed by atoms with Crippen molar-refractivity contribution >= 4 is 11.4 Å². The standard InChI is InChI=1S/C20H14F2N4O/c21-15-5-1-13(2-6-15)11-24-20(27)19-25-18(14-3-7-16(22)8-4-14)17-12-23-9-10-26(17)19/h1-10,12H,11H2,(H,24,27). The van der Waals surface area contributed by atoms with Crippen LogP contribution in [0.25, 0.3) is 16.8 Å². The molecule has 0 fully saturated rings. The molecule has 0 aliphatic heterocycles.